The predicted octanol–water partition coefficient (Wildman–Crippen LogP) is 3.45. The van der Waals surface area contributed by atoms with Crippen LogP contribution >= 0.6 is 0 Å². The zero-order chi connectivity index (χ0) is 25.5. The summed E-state index contributed by atoms with van der Waals surface area (Å²) in [7, 11) is -2.51. The summed E-state index contributed by atoms with van der Waals surface area (Å²) >= 11 is 0. The van der Waals surface area contributed by atoms with Gasteiger partial charge in [0.15, 0.2) is 5.76 Å². The second-order valence-corrected chi connectivity index (χ2v) is 9.85. The Labute approximate surface area is 202 Å². The number of benzene rings is 2. The van der Waals surface area contributed by atoms with Crippen molar-refractivity contribution in [1.29, 1.82) is 0 Å². The SMILES string of the molecule is Cc1ccc(S(=O)(=O)Nc2c(C)n(C)n(-c3ccccc3)c2=O)cc1C(=O)Nc1c(C)noc1C. The lowest BCUT2D eigenvalue weighted by Crippen LogP contribution is -2.23. The molecule has 11 heteroatoms. The zero-order valence-corrected chi connectivity index (χ0v) is 20.7. The van der Waals surface area contributed by atoms with Gasteiger partial charge < -0.3 is 9.84 Å². The van der Waals surface area contributed by atoms with E-state index in [1.165, 1.54) is 22.9 Å². The minimum absolute atomic E-state index is 0.0707. The van der Waals surface area contributed by atoms with E-state index >= 15 is 0 Å². The van der Waals surface area contributed by atoms with Crippen molar-refractivity contribution in [1.82, 2.24) is 14.5 Å². The monoisotopic (exact) mass is 495 g/mol. The molecular weight excluding hydrogens is 470 g/mol. The lowest BCUT2D eigenvalue weighted by molar-refractivity contribution is 0.102. The molecule has 0 spiro atoms. The predicted molar refractivity (Wildman–Crippen MR) is 132 cm³/mol. The van der Waals surface area contributed by atoms with E-state index in [9.17, 15) is 18.0 Å². The van der Waals surface area contributed by atoms with Gasteiger partial charge in [0.25, 0.3) is 21.5 Å². The summed E-state index contributed by atoms with van der Waals surface area (Å²) in [5.41, 5.74) is 2.14. The second kappa shape index (κ2) is 8.91. The average molecular weight is 496 g/mol. The average Bonchev–Trinajstić information content (AvgIpc) is 3.24. The van der Waals surface area contributed by atoms with Gasteiger partial charge in [0.1, 0.15) is 17.1 Å². The summed E-state index contributed by atoms with van der Waals surface area (Å²) in [6, 6.07) is 13.1. The molecule has 4 rings (SSSR count). The van der Waals surface area contributed by atoms with Crippen LogP contribution in [0, 0.1) is 27.7 Å². The van der Waals surface area contributed by atoms with Crippen molar-refractivity contribution in [3.8, 4) is 5.69 Å². The van der Waals surface area contributed by atoms with Gasteiger partial charge in [-0.15, -0.1) is 0 Å². The van der Waals surface area contributed by atoms with Gasteiger partial charge in [-0.25, -0.2) is 13.1 Å². The van der Waals surface area contributed by atoms with Gasteiger partial charge in [0, 0.05) is 12.6 Å². The first-order valence-electron chi connectivity index (χ1n) is 10.7. The van der Waals surface area contributed by atoms with Crippen molar-refractivity contribution in [2.45, 2.75) is 32.6 Å². The molecule has 0 unspecified atom stereocenters. The molecule has 0 aliphatic rings. The van der Waals surface area contributed by atoms with E-state index in [1.807, 2.05) is 6.07 Å². The van der Waals surface area contributed by atoms with E-state index < -0.39 is 21.5 Å². The third-order valence-corrected chi connectivity index (χ3v) is 7.17. The largest absolute Gasteiger partial charge is 0.359 e. The van der Waals surface area contributed by atoms with Crippen molar-refractivity contribution >= 4 is 27.3 Å². The van der Waals surface area contributed by atoms with Crippen molar-refractivity contribution in [2.75, 3.05) is 10.0 Å². The summed E-state index contributed by atoms with van der Waals surface area (Å²) in [4.78, 5) is 25.9. The molecule has 35 heavy (non-hydrogen) atoms. The minimum atomic E-state index is -4.18. The summed E-state index contributed by atoms with van der Waals surface area (Å²) in [5, 5.41) is 6.53. The van der Waals surface area contributed by atoms with E-state index in [0.717, 1.165) is 0 Å². The van der Waals surface area contributed by atoms with E-state index in [1.54, 1.807) is 63.7 Å². The molecule has 2 heterocycles. The fourth-order valence-corrected chi connectivity index (χ4v) is 4.88. The van der Waals surface area contributed by atoms with Crippen molar-refractivity contribution in [3.63, 3.8) is 0 Å². The summed E-state index contributed by atoms with van der Waals surface area (Å²) in [6.07, 6.45) is 0. The number of sulfonamides is 1. The maximum atomic E-state index is 13.2. The lowest BCUT2D eigenvalue weighted by Gasteiger charge is -2.11. The number of hydrogen-bond donors (Lipinski definition) is 2. The lowest BCUT2D eigenvalue weighted by atomic mass is 10.1. The van der Waals surface area contributed by atoms with Crippen LogP contribution in [0.1, 0.15) is 33.1 Å². The van der Waals surface area contributed by atoms with Gasteiger partial charge >= 0.3 is 0 Å². The van der Waals surface area contributed by atoms with Gasteiger partial charge in [-0.1, -0.05) is 29.4 Å². The van der Waals surface area contributed by atoms with Crippen molar-refractivity contribution in [2.24, 2.45) is 7.05 Å². The zero-order valence-electron chi connectivity index (χ0n) is 19.9. The highest BCUT2D eigenvalue weighted by Gasteiger charge is 2.24. The molecule has 0 atom stereocenters. The molecule has 0 aliphatic carbocycles. The van der Waals surface area contributed by atoms with E-state index in [4.69, 9.17) is 4.52 Å². The quantitative estimate of drug-likeness (QED) is 0.422. The van der Waals surface area contributed by atoms with Crippen LogP contribution in [0.2, 0.25) is 0 Å². The second-order valence-electron chi connectivity index (χ2n) is 8.17. The number of para-hydroxylation sites is 1. The van der Waals surface area contributed by atoms with Crippen LogP contribution in [0.25, 0.3) is 5.69 Å². The molecule has 0 bridgehead atoms. The van der Waals surface area contributed by atoms with Crippen LogP contribution in [0.3, 0.4) is 0 Å². The third-order valence-electron chi connectivity index (χ3n) is 5.83. The Hall–Kier alpha value is -4.12. The number of aryl methyl sites for hydroxylation is 3. The number of nitrogens with zero attached hydrogens (tertiary/aromatic N) is 3. The molecule has 0 fully saturated rings. The fraction of sp³-hybridized carbons (Fsp3) is 0.208. The topological polar surface area (TPSA) is 128 Å². The Morgan fingerprint density at radius 2 is 1.69 bits per heavy atom. The molecule has 2 aromatic carbocycles. The maximum absolute atomic E-state index is 13.2. The van der Waals surface area contributed by atoms with Crippen LogP contribution in [0.15, 0.2) is 62.7 Å². The van der Waals surface area contributed by atoms with E-state index in [-0.39, 0.29) is 16.1 Å². The number of nitrogens with one attached hydrogen (secondary N) is 2. The van der Waals surface area contributed by atoms with Gasteiger partial charge in [-0.2, -0.15) is 0 Å². The highest BCUT2D eigenvalue weighted by atomic mass is 32.2. The molecule has 0 saturated heterocycles. The van der Waals surface area contributed by atoms with E-state index in [2.05, 4.69) is 15.2 Å². The Kier molecular flexibility index (Phi) is 6.12. The number of anilines is 2. The normalized spacial score (nSPS) is 11.5. The van der Waals surface area contributed by atoms with Gasteiger partial charge in [0.2, 0.25) is 0 Å². The van der Waals surface area contributed by atoms with Crippen molar-refractivity contribution in [3.05, 3.63) is 87.2 Å². The number of rotatable bonds is 6. The first-order chi connectivity index (χ1) is 16.5. The first kappa shape index (κ1) is 24.0. The molecule has 0 saturated carbocycles. The molecule has 0 aliphatic heterocycles. The molecule has 1 amide bonds. The Morgan fingerprint density at radius 3 is 2.31 bits per heavy atom. The van der Waals surface area contributed by atoms with Gasteiger partial charge in [0.05, 0.1) is 16.3 Å². The van der Waals surface area contributed by atoms with Crippen LogP contribution in [-0.4, -0.2) is 28.8 Å². The molecule has 2 aromatic heterocycles. The summed E-state index contributed by atoms with van der Waals surface area (Å²) in [6.45, 7) is 6.70. The fourth-order valence-electron chi connectivity index (χ4n) is 3.73. The van der Waals surface area contributed by atoms with E-state index in [0.29, 0.717) is 34.1 Å². The van der Waals surface area contributed by atoms with Gasteiger partial charge in [-0.05, 0) is 57.5 Å². The highest BCUT2D eigenvalue weighted by molar-refractivity contribution is 7.92. The molecule has 4 aromatic rings. The molecular formula is C24H25N5O5S. The molecule has 2 N–H and O–H groups in total. The molecule has 0 radical (unpaired) electrons. The Morgan fingerprint density at radius 1 is 1.00 bits per heavy atom. The first-order valence-corrected chi connectivity index (χ1v) is 12.2. The van der Waals surface area contributed by atoms with Crippen LogP contribution < -0.4 is 15.6 Å². The maximum Gasteiger partial charge on any atom is 0.296 e. The number of hydrogen-bond acceptors (Lipinski definition) is 6. The Balaban J connectivity index is 1.69. The summed E-state index contributed by atoms with van der Waals surface area (Å²) < 4.78 is 36.9. The van der Waals surface area contributed by atoms with Gasteiger partial charge in [-0.3, -0.25) is 19.0 Å². The van der Waals surface area contributed by atoms with Crippen molar-refractivity contribution < 1.29 is 17.7 Å². The highest BCUT2D eigenvalue weighted by Crippen LogP contribution is 2.24. The number of carbonyl (C=O) groups is 1. The van der Waals surface area contributed by atoms with Crippen LogP contribution in [-0.2, 0) is 17.1 Å². The minimum Gasteiger partial charge on any atom is -0.359 e. The van der Waals surface area contributed by atoms with Crippen LogP contribution in [0.5, 0.6) is 0 Å². The standard InChI is InChI=1S/C24H25N5O5S/c1-14-11-12-19(13-20(14)23(30)25-21-15(2)26-34-17(21)4)35(32,33)27-22-16(3)28(5)29(24(22)31)18-9-7-6-8-10-18/h6-13,27H,1-5H3,(H,25,30). The van der Waals surface area contributed by atoms with Crippen LogP contribution in [0.4, 0.5) is 11.4 Å². The number of carbonyl (C=O) groups excluding carboxylic acids is 1. The smallest absolute Gasteiger partial charge is 0.296 e. The summed E-state index contributed by atoms with van der Waals surface area (Å²) in [5.74, 6) is -0.0653. The third kappa shape index (κ3) is 4.37. The number of amides is 1. The number of aromatic nitrogens is 3. The Bertz CT molecular complexity index is 1580. The molecule has 10 nitrogen and oxygen atoms in total. The molecule has 182 valence electrons.